The molecule has 0 unspecified atom stereocenters. The molecule has 4 rings (SSSR count). The van der Waals surface area contributed by atoms with Gasteiger partial charge in [-0.3, -0.25) is 4.99 Å². The highest BCUT2D eigenvalue weighted by Gasteiger charge is 2.13. The van der Waals surface area contributed by atoms with E-state index in [9.17, 15) is 0 Å². The maximum absolute atomic E-state index is 5.92. The molecule has 0 radical (unpaired) electrons. The summed E-state index contributed by atoms with van der Waals surface area (Å²) in [7, 11) is 0. The van der Waals surface area contributed by atoms with Gasteiger partial charge in [0.1, 0.15) is 22.2 Å². The second-order valence-electron chi connectivity index (χ2n) is 5.15. The number of nitrogen functional groups attached to an aromatic ring is 1. The fourth-order valence-corrected chi connectivity index (χ4v) is 3.83. The molecule has 1 aliphatic heterocycles. The first-order chi connectivity index (χ1) is 11.8. The van der Waals surface area contributed by atoms with E-state index in [1.54, 1.807) is 6.20 Å². The number of thiazole rings is 2. The van der Waals surface area contributed by atoms with Crippen molar-refractivity contribution in [2.75, 3.05) is 24.1 Å². The van der Waals surface area contributed by atoms with Crippen LogP contribution in [0.2, 0.25) is 0 Å². The zero-order valence-corrected chi connectivity index (χ0v) is 14.3. The number of pyridine rings is 1. The van der Waals surface area contributed by atoms with Gasteiger partial charge in [-0.1, -0.05) is 0 Å². The van der Waals surface area contributed by atoms with Crippen LogP contribution in [0.25, 0.3) is 22.0 Å². The normalized spacial score (nSPS) is 14.1. The monoisotopic (exact) mass is 357 g/mol. The standard InChI is InChI=1S/C15H15N7S2/c16-12-9(3-1-4-17-12)13-20-10(7-23-13)11-8-24-15(21-11)22-14-18-5-2-6-19-14/h1,3-4,7-8H,2,5-6H2,(H2,16,17)(H2,18,19,21,22). The van der Waals surface area contributed by atoms with Gasteiger partial charge in [0.2, 0.25) is 0 Å². The van der Waals surface area contributed by atoms with Crippen LogP contribution in [0.4, 0.5) is 10.9 Å². The summed E-state index contributed by atoms with van der Waals surface area (Å²) in [6.07, 6.45) is 2.74. The number of nitrogens with one attached hydrogen (secondary N) is 2. The number of hydrogen-bond acceptors (Lipinski definition) is 9. The maximum Gasteiger partial charge on any atom is 0.197 e. The SMILES string of the molecule is Nc1ncccc1-c1nc(-c2csc(NC3=NCCCN3)n2)cs1. The molecule has 7 nitrogen and oxygen atoms in total. The predicted molar refractivity (Wildman–Crippen MR) is 99.4 cm³/mol. The Kier molecular flexibility index (Phi) is 4.09. The summed E-state index contributed by atoms with van der Waals surface area (Å²) in [6.45, 7) is 1.78. The average Bonchev–Trinajstić information content (AvgIpc) is 3.25. The summed E-state index contributed by atoms with van der Waals surface area (Å²) in [5, 5.41) is 12.0. The molecule has 1 aliphatic rings. The van der Waals surface area contributed by atoms with E-state index >= 15 is 0 Å². The number of guanidine groups is 1. The van der Waals surface area contributed by atoms with E-state index in [4.69, 9.17) is 5.73 Å². The maximum atomic E-state index is 5.92. The second-order valence-corrected chi connectivity index (χ2v) is 6.86. The van der Waals surface area contributed by atoms with Crippen molar-refractivity contribution in [3.05, 3.63) is 29.1 Å². The van der Waals surface area contributed by atoms with Crippen molar-refractivity contribution in [1.29, 1.82) is 0 Å². The van der Waals surface area contributed by atoms with Crippen molar-refractivity contribution in [2.45, 2.75) is 6.42 Å². The van der Waals surface area contributed by atoms with E-state index in [1.807, 2.05) is 22.9 Å². The second kappa shape index (κ2) is 6.54. The van der Waals surface area contributed by atoms with Crippen molar-refractivity contribution in [3.63, 3.8) is 0 Å². The van der Waals surface area contributed by atoms with Crippen molar-refractivity contribution >= 4 is 39.6 Å². The average molecular weight is 357 g/mol. The van der Waals surface area contributed by atoms with Crippen LogP contribution in [0, 0.1) is 0 Å². The van der Waals surface area contributed by atoms with Crippen LogP contribution in [0.1, 0.15) is 6.42 Å². The molecule has 0 fully saturated rings. The van der Waals surface area contributed by atoms with Gasteiger partial charge in [0.05, 0.1) is 5.56 Å². The first kappa shape index (κ1) is 15.0. The Morgan fingerprint density at radius 3 is 2.88 bits per heavy atom. The van der Waals surface area contributed by atoms with Crippen LogP contribution < -0.4 is 16.4 Å². The van der Waals surface area contributed by atoms with E-state index in [1.165, 1.54) is 22.7 Å². The molecule has 0 atom stereocenters. The van der Waals surface area contributed by atoms with Gasteiger partial charge in [0, 0.05) is 30.0 Å². The highest BCUT2D eigenvalue weighted by Crippen LogP contribution is 2.32. The highest BCUT2D eigenvalue weighted by molar-refractivity contribution is 7.14. The predicted octanol–water partition coefficient (Wildman–Crippen LogP) is 2.67. The van der Waals surface area contributed by atoms with Gasteiger partial charge < -0.3 is 16.4 Å². The Hall–Kier alpha value is -2.52. The molecule has 122 valence electrons. The summed E-state index contributed by atoms with van der Waals surface area (Å²) in [4.78, 5) is 17.7. The molecule has 0 saturated heterocycles. The number of aliphatic imine (C=N–C) groups is 1. The molecule has 3 aromatic heterocycles. The molecule has 0 saturated carbocycles. The molecule has 4 heterocycles. The lowest BCUT2D eigenvalue weighted by atomic mass is 10.2. The molecule has 0 aromatic carbocycles. The molecule has 0 bridgehead atoms. The quantitative estimate of drug-likeness (QED) is 0.666. The van der Waals surface area contributed by atoms with E-state index in [2.05, 4.69) is 30.6 Å². The van der Waals surface area contributed by atoms with Crippen LogP contribution in [-0.2, 0) is 0 Å². The Morgan fingerprint density at radius 1 is 1.17 bits per heavy atom. The van der Waals surface area contributed by atoms with Crippen molar-refractivity contribution in [3.8, 4) is 22.0 Å². The Labute approximate surface area is 146 Å². The van der Waals surface area contributed by atoms with E-state index < -0.39 is 0 Å². The Bertz CT molecular complexity index is 883. The van der Waals surface area contributed by atoms with Crippen molar-refractivity contribution < 1.29 is 0 Å². The van der Waals surface area contributed by atoms with E-state index in [0.29, 0.717) is 5.82 Å². The largest absolute Gasteiger partial charge is 0.383 e. The van der Waals surface area contributed by atoms with Gasteiger partial charge in [-0.2, -0.15) is 0 Å². The fourth-order valence-electron chi connectivity index (χ4n) is 2.28. The summed E-state index contributed by atoms with van der Waals surface area (Å²) in [6, 6.07) is 3.78. The molecular formula is C15H15N7S2. The highest BCUT2D eigenvalue weighted by atomic mass is 32.1. The Morgan fingerprint density at radius 2 is 2.04 bits per heavy atom. The first-order valence-corrected chi connectivity index (χ1v) is 9.23. The number of anilines is 2. The molecule has 0 aliphatic carbocycles. The zero-order valence-electron chi connectivity index (χ0n) is 12.7. The molecule has 9 heteroatoms. The summed E-state index contributed by atoms with van der Waals surface area (Å²) in [5.41, 5.74) is 8.44. The lowest BCUT2D eigenvalue weighted by molar-refractivity contribution is 0.740. The van der Waals surface area contributed by atoms with Gasteiger partial charge in [-0.05, 0) is 18.6 Å². The minimum atomic E-state index is 0.486. The molecule has 3 aromatic rings. The summed E-state index contributed by atoms with van der Waals surface area (Å²) < 4.78 is 0. The Balaban J connectivity index is 1.55. The summed E-state index contributed by atoms with van der Waals surface area (Å²) >= 11 is 3.06. The van der Waals surface area contributed by atoms with Gasteiger partial charge in [0.25, 0.3) is 0 Å². The lowest BCUT2D eigenvalue weighted by Crippen LogP contribution is -2.35. The van der Waals surface area contributed by atoms with Crippen LogP contribution in [-0.4, -0.2) is 34.0 Å². The van der Waals surface area contributed by atoms with Crippen LogP contribution in [0.15, 0.2) is 34.1 Å². The molecule has 0 spiro atoms. The van der Waals surface area contributed by atoms with Gasteiger partial charge in [-0.15, -0.1) is 22.7 Å². The fraction of sp³-hybridized carbons (Fsp3) is 0.200. The zero-order chi connectivity index (χ0) is 16.4. The topological polar surface area (TPSA) is 101 Å². The third kappa shape index (κ3) is 3.08. The van der Waals surface area contributed by atoms with Crippen molar-refractivity contribution in [1.82, 2.24) is 20.3 Å². The van der Waals surface area contributed by atoms with E-state index in [0.717, 1.165) is 52.6 Å². The molecule has 24 heavy (non-hydrogen) atoms. The lowest BCUT2D eigenvalue weighted by Gasteiger charge is -2.13. The molecular weight excluding hydrogens is 342 g/mol. The third-order valence-electron chi connectivity index (χ3n) is 3.46. The summed E-state index contributed by atoms with van der Waals surface area (Å²) in [5.74, 6) is 1.27. The van der Waals surface area contributed by atoms with Crippen molar-refractivity contribution in [2.24, 2.45) is 4.99 Å². The number of rotatable bonds is 3. The number of hydrogen-bond donors (Lipinski definition) is 3. The van der Waals surface area contributed by atoms with Gasteiger partial charge >= 0.3 is 0 Å². The number of aromatic nitrogens is 3. The number of nitrogens with zero attached hydrogens (tertiary/aromatic N) is 4. The van der Waals surface area contributed by atoms with Crippen LogP contribution in [0.3, 0.4) is 0 Å². The molecule has 0 amide bonds. The smallest absolute Gasteiger partial charge is 0.197 e. The first-order valence-electron chi connectivity index (χ1n) is 7.47. The third-order valence-corrected chi connectivity index (χ3v) is 5.10. The van der Waals surface area contributed by atoms with E-state index in [-0.39, 0.29) is 0 Å². The van der Waals surface area contributed by atoms with Crippen LogP contribution >= 0.6 is 22.7 Å². The van der Waals surface area contributed by atoms with Crippen LogP contribution in [0.5, 0.6) is 0 Å². The van der Waals surface area contributed by atoms with Gasteiger partial charge in [-0.25, -0.2) is 15.0 Å². The number of nitrogens with two attached hydrogens (primary N) is 1. The van der Waals surface area contributed by atoms with Gasteiger partial charge in [0.15, 0.2) is 11.1 Å². The minimum absolute atomic E-state index is 0.486. The molecule has 4 N–H and O–H groups in total. The minimum Gasteiger partial charge on any atom is -0.383 e.